The third-order valence-electron chi connectivity index (χ3n) is 3.58. The van der Waals surface area contributed by atoms with Crippen LogP contribution in [-0.4, -0.2) is 29.4 Å². The first-order valence-electron chi connectivity index (χ1n) is 7.66. The van der Waals surface area contributed by atoms with Crippen molar-refractivity contribution in [2.75, 3.05) is 5.32 Å². The molecule has 0 unspecified atom stereocenters. The molecule has 1 aliphatic rings. The molecule has 3 N–H and O–H groups in total. The summed E-state index contributed by atoms with van der Waals surface area (Å²) in [6, 6.07) is 5.03. The molecule has 0 aromatic heterocycles. The van der Waals surface area contributed by atoms with Crippen LogP contribution in [0.5, 0.6) is 5.75 Å². The predicted molar refractivity (Wildman–Crippen MR) is 87.6 cm³/mol. The van der Waals surface area contributed by atoms with Crippen molar-refractivity contribution in [1.82, 2.24) is 5.32 Å². The maximum atomic E-state index is 12.0. The molecule has 2 rings (SSSR count). The molecule has 1 fully saturated rings. The van der Waals surface area contributed by atoms with Crippen LogP contribution in [0.3, 0.4) is 0 Å². The second-order valence-corrected chi connectivity index (χ2v) is 6.32. The number of hydrogen-bond donors (Lipinski definition) is 3. The van der Waals surface area contributed by atoms with Crippen LogP contribution >= 0.6 is 11.6 Å². The summed E-state index contributed by atoms with van der Waals surface area (Å²) in [5, 5.41) is 15.6. The number of anilines is 1. The zero-order valence-corrected chi connectivity index (χ0v) is 13.7. The zero-order chi connectivity index (χ0) is 16.1. The van der Waals surface area contributed by atoms with E-state index in [1.165, 1.54) is 0 Å². The van der Waals surface area contributed by atoms with Crippen molar-refractivity contribution in [3.05, 3.63) is 23.2 Å². The van der Waals surface area contributed by atoms with E-state index in [-0.39, 0.29) is 24.3 Å². The van der Waals surface area contributed by atoms with E-state index in [2.05, 4.69) is 10.6 Å². The number of aliphatic hydroxyl groups excluding tert-OH is 1. The first-order chi connectivity index (χ1) is 10.4. The molecule has 0 spiro atoms. The number of ether oxygens (including phenoxy) is 1. The number of carbonyl (C=O) groups is 1. The van der Waals surface area contributed by atoms with Crippen LogP contribution in [0, 0.1) is 0 Å². The quantitative estimate of drug-likeness (QED) is 0.792. The minimum absolute atomic E-state index is 0.0428. The summed E-state index contributed by atoms with van der Waals surface area (Å²) >= 11 is 6.14. The molecule has 2 amide bonds. The van der Waals surface area contributed by atoms with E-state index >= 15 is 0 Å². The monoisotopic (exact) mass is 326 g/mol. The molecule has 1 aliphatic carbocycles. The second-order valence-electron chi connectivity index (χ2n) is 5.92. The Balaban J connectivity index is 1.87. The molecule has 22 heavy (non-hydrogen) atoms. The Hall–Kier alpha value is -1.46. The highest BCUT2D eigenvalue weighted by Crippen LogP contribution is 2.28. The summed E-state index contributed by atoms with van der Waals surface area (Å²) in [6.45, 7) is 3.86. The number of carbonyl (C=O) groups excluding carboxylic acids is 1. The SMILES string of the molecule is CC(C)Oc1ccc(NC(=O)NC2CCC(O)CC2)cc1Cl. The molecular formula is C16H23ClN2O3. The van der Waals surface area contributed by atoms with E-state index in [9.17, 15) is 9.90 Å². The summed E-state index contributed by atoms with van der Waals surface area (Å²) in [5.41, 5.74) is 0.620. The number of urea groups is 1. The van der Waals surface area contributed by atoms with E-state index in [1.54, 1.807) is 18.2 Å². The predicted octanol–water partition coefficient (Wildman–Crippen LogP) is 3.55. The first-order valence-corrected chi connectivity index (χ1v) is 8.03. The van der Waals surface area contributed by atoms with Gasteiger partial charge >= 0.3 is 6.03 Å². The van der Waals surface area contributed by atoms with Gasteiger partial charge in [0.2, 0.25) is 0 Å². The number of benzene rings is 1. The van der Waals surface area contributed by atoms with Crippen molar-refractivity contribution in [3.63, 3.8) is 0 Å². The van der Waals surface area contributed by atoms with Gasteiger partial charge in [0.1, 0.15) is 5.75 Å². The van der Waals surface area contributed by atoms with Crippen molar-refractivity contribution >= 4 is 23.3 Å². The average Bonchev–Trinajstić information content (AvgIpc) is 2.44. The van der Waals surface area contributed by atoms with E-state index in [0.29, 0.717) is 16.5 Å². The van der Waals surface area contributed by atoms with E-state index in [0.717, 1.165) is 25.7 Å². The standard InChI is InChI=1S/C16H23ClN2O3/c1-10(2)22-15-8-5-12(9-14(15)17)19-16(21)18-11-3-6-13(20)7-4-11/h5,8-11,13,20H,3-4,6-7H2,1-2H3,(H2,18,19,21). The van der Waals surface area contributed by atoms with Gasteiger partial charge in [0.25, 0.3) is 0 Å². The Kier molecular flexibility index (Phi) is 5.91. The molecule has 5 nitrogen and oxygen atoms in total. The molecule has 0 heterocycles. The van der Waals surface area contributed by atoms with Crippen molar-refractivity contribution in [2.24, 2.45) is 0 Å². The van der Waals surface area contributed by atoms with Gasteiger partial charge in [-0.15, -0.1) is 0 Å². The Bertz CT molecular complexity index is 514. The molecule has 0 atom stereocenters. The molecular weight excluding hydrogens is 304 g/mol. The molecule has 1 saturated carbocycles. The molecule has 6 heteroatoms. The van der Waals surface area contributed by atoms with Gasteiger partial charge in [-0.25, -0.2) is 4.79 Å². The second kappa shape index (κ2) is 7.70. The van der Waals surface area contributed by atoms with Crippen molar-refractivity contribution in [1.29, 1.82) is 0 Å². The minimum atomic E-state index is -0.255. The Labute approximate surface area is 136 Å². The number of rotatable bonds is 4. The van der Waals surface area contributed by atoms with Gasteiger partial charge < -0.3 is 20.5 Å². The minimum Gasteiger partial charge on any atom is -0.489 e. The number of hydrogen-bond acceptors (Lipinski definition) is 3. The van der Waals surface area contributed by atoms with Gasteiger partial charge in [0.15, 0.2) is 0 Å². The van der Waals surface area contributed by atoms with Crippen LogP contribution in [0.25, 0.3) is 0 Å². The highest BCUT2D eigenvalue weighted by atomic mass is 35.5. The third-order valence-corrected chi connectivity index (χ3v) is 3.88. The van der Waals surface area contributed by atoms with E-state index in [4.69, 9.17) is 16.3 Å². The topological polar surface area (TPSA) is 70.6 Å². The van der Waals surface area contributed by atoms with Gasteiger partial charge in [0, 0.05) is 11.7 Å². The maximum absolute atomic E-state index is 12.0. The van der Waals surface area contributed by atoms with Crippen LogP contribution < -0.4 is 15.4 Å². The molecule has 0 bridgehead atoms. The Morgan fingerprint density at radius 3 is 2.59 bits per heavy atom. The molecule has 1 aromatic rings. The highest BCUT2D eigenvalue weighted by Gasteiger charge is 2.20. The van der Waals surface area contributed by atoms with Crippen LogP contribution in [0.15, 0.2) is 18.2 Å². The number of amides is 2. The smallest absolute Gasteiger partial charge is 0.319 e. The first kappa shape index (κ1) is 16.9. The highest BCUT2D eigenvalue weighted by molar-refractivity contribution is 6.32. The number of aliphatic hydroxyl groups is 1. The number of halogens is 1. The largest absolute Gasteiger partial charge is 0.489 e. The van der Waals surface area contributed by atoms with Crippen LogP contribution in [0.2, 0.25) is 5.02 Å². The Morgan fingerprint density at radius 1 is 1.32 bits per heavy atom. The summed E-state index contributed by atoms with van der Waals surface area (Å²) in [6.07, 6.45) is 2.89. The van der Waals surface area contributed by atoms with Crippen molar-refractivity contribution < 1.29 is 14.6 Å². The lowest BCUT2D eigenvalue weighted by molar-refractivity contribution is 0.118. The Morgan fingerprint density at radius 2 is 2.00 bits per heavy atom. The summed E-state index contributed by atoms with van der Waals surface area (Å²) in [4.78, 5) is 12.0. The van der Waals surface area contributed by atoms with Crippen LogP contribution in [0.4, 0.5) is 10.5 Å². The average molecular weight is 327 g/mol. The van der Waals surface area contributed by atoms with E-state index < -0.39 is 0 Å². The van der Waals surface area contributed by atoms with Gasteiger partial charge in [0.05, 0.1) is 17.2 Å². The molecule has 1 aromatic carbocycles. The summed E-state index contributed by atoms with van der Waals surface area (Å²) in [5.74, 6) is 0.601. The fraction of sp³-hybridized carbons (Fsp3) is 0.562. The van der Waals surface area contributed by atoms with Gasteiger partial charge in [-0.2, -0.15) is 0 Å². The van der Waals surface area contributed by atoms with Crippen LogP contribution in [-0.2, 0) is 0 Å². The maximum Gasteiger partial charge on any atom is 0.319 e. The molecule has 0 aliphatic heterocycles. The lowest BCUT2D eigenvalue weighted by Crippen LogP contribution is -2.40. The lowest BCUT2D eigenvalue weighted by Gasteiger charge is -2.26. The molecule has 122 valence electrons. The number of nitrogens with one attached hydrogen (secondary N) is 2. The summed E-state index contributed by atoms with van der Waals surface area (Å²) in [7, 11) is 0. The molecule has 0 saturated heterocycles. The van der Waals surface area contributed by atoms with E-state index in [1.807, 2.05) is 13.8 Å². The fourth-order valence-electron chi connectivity index (χ4n) is 2.50. The zero-order valence-electron chi connectivity index (χ0n) is 12.9. The van der Waals surface area contributed by atoms with Gasteiger partial charge in [-0.3, -0.25) is 0 Å². The normalized spacial score (nSPS) is 21.5. The fourth-order valence-corrected chi connectivity index (χ4v) is 2.73. The summed E-state index contributed by atoms with van der Waals surface area (Å²) < 4.78 is 5.55. The van der Waals surface area contributed by atoms with Crippen molar-refractivity contribution in [3.8, 4) is 5.75 Å². The van der Waals surface area contributed by atoms with Crippen LogP contribution in [0.1, 0.15) is 39.5 Å². The molecule has 0 radical (unpaired) electrons. The third kappa shape index (κ3) is 5.07. The lowest BCUT2D eigenvalue weighted by atomic mass is 9.93. The van der Waals surface area contributed by atoms with Gasteiger partial charge in [-0.1, -0.05) is 11.6 Å². The van der Waals surface area contributed by atoms with Crippen molar-refractivity contribution in [2.45, 2.75) is 57.8 Å². The van der Waals surface area contributed by atoms with Gasteiger partial charge in [-0.05, 0) is 57.7 Å².